The van der Waals surface area contributed by atoms with Gasteiger partial charge in [0, 0.05) is 30.9 Å². The first kappa shape index (κ1) is 42.3. The zero-order valence-electron chi connectivity index (χ0n) is 32.8. The third-order valence-electron chi connectivity index (χ3n) is 10.6. The predicted molar refractivity (Wildman–Crippen MR) is 227 cm³/mol. The van der Waals surface area contributed by atoms with Gasteiger partial charge in [-0.05, 0) is 99.7 Å². The topological polar surface area (TPSA) is 12.5 Å². The zero-order valence-corrected chi connectivity index (χ0v) is 33.7. The molecule has 0 aromatic heterocycles. The van der Waals surface area contributed by atoms with Crippen LogP contribution in [0, 0.1) is 0 Å². The fraction of sp³-hybridized carbons (Fsp3) is 0.617. The smallest absolute Gasteiger partial charge is 0.0716 e. The van der Waals surface area contributed by atoms with Gasteiger partial charge in [0.2, 0.25) is 0 Å². The molecule has 3 aromatic rings. The third kappa shape index (κ3) is 17.4. The van der Waals surface area contributed by atoms with Gasteiger partial charge in [0.25, 0.3) is 0 Å². The highest BCUT2D eigenvalue weighted by atomic mass is 31.2. The number of nitrogens with zero attached hydrogens (tertiary/aromatic N) is 1. The standard InChI is InChI=1S/C47H75NOP/c1-4-7-10-26-39-50(40-27-11-8-5-2,41-28-12-9-6-3)42-29-18-16-14-13-15-17-25-38-49-43-44-34-36-47(37-35-44)48(45-30-21-19-22-31-45)46-32-23-20-24-33-46/h19-24,30-37H,4-18,25-29,38-43H2,1-3H3/q+1. The maximum Gasteiger partial charge on any atom is 0.0716 e. The van der Waals surface area contributed by atoms with Gasteiger partial charge < -0.3 is 9.64 Å². The van der Waals surface area contributed by atoms with Crippen molar-refractivity contribution in [2.75, 3.05) is 36.2 Å². The second kappa shape index (κ2) is 27.5. The van der Waals surface area contributed by atoms with E-state index in [0.29, 0.717) is 6.61 Å². The van der Waals surface area contributed by atoms with Crippen LogP contribution in [0.3, 0.4) is 0 Å². The van der Waals surface area contributed by atoms with Gasteiger partial charge in [0.05, 0.1) is 31.3 Å². The summed E-state index contributed by atoms with van der Waals surface area (Å²) in [6.45, 7) is 8.64. The van der Waals surface area contributed by atoms with Crippen LogP contribution in [0.1, 0.15) is 155 Å². The van der Waals surface area contributed by atoms with Gasteiger partial charge in [-0.1, -0.05) is 140 Å². The molecule has 0 aliphatic rings. The maximum atomic E-state index is 6.09. The van der Waals surface area contributed by atoms with Crippen molar-refractivity contribution >= 4 is 24.3 Å². The van der Waals surface area contributed by atoms with Crippen molar-refractivity contribution in [2.24, 2.45) is 0 Å². The largest absolute Gasteiger partial charge is 0.377 e. The average molecular weight is 701 g/mol. The minimum absolute atomic E-state index is 0.691. The fourth-order valence-electron chi connectivity index (χ4n) is 7.54. The summed E-state index contributed by atoms with van der Waals surface area (Å²) in [7, 11) is -0.765. The number of unbranched alkanes of at least 4 members (excludes halogenated alkanes) is 16. The lowest BCUT2D eigenvalue weighted by Gasteiger charge is -2.28. The normalized spacial score (nSPS) is 11.7. The van der Waals surface area contributed by atoms with Crippen molar-refractivity contribution in [1.82, 2.24) is 0 Å². The maximum absolute atomic E-state index is 6.09. The Balaban J connectivity index is 1.30. The Morgan fingerprint density at radius 3 is 1.18 bits per heavy atom. The Morgan fingerprint density at radius 2 is 0.760 bits per heavy atom. The average Bonchev–Trinajstić information content (AvgIpc) is 3.16. The highest BCUT2D eigenvalue weighted by Gasteiger charge is 2.34. The second-order valence-electron chi connectivity index (χ2n) is 15.0. The van der Waals surface area contributed by atoms with E-state index in [4.69, 9.17) is 4.74 Å². The molecule has 0 aliphatic heterocycles. The Morgan fingerprint density at radius 1 is 0.400 bits per heavy atom. The molecule has 2 nitrogen and oxygen atoms in total. The van der Waals surface area contributed by atoms with Crippen molar-refractivity contribution in [1.29, 1.82) is 0 Å². The fourth-order valence-corrected chi connectivity index (χ4v) is 12.5. The summed E-state index contributed by atoms with van der Waals surface area (Å²) in [6, 6.07) is 30.1. The van der Waals surface area contributed by atoms with Gasteiger partial charge in [-0.15, -0.1) is 0 Å². The number of para-hydroxylation sites is 2. The van der Waals surface area contributed by atoms with Crippen LogP contribution >= 0.6 is 7.26 Å². The third-order valence-corrected chi connectivity index (χ3v) is 15.7. The van der Waals surface area contributed by atoms with Gasteiger partial charge in [0.1, 0.15) is 0 Å². The van der Waals surface area contributed by atoms with Crippen LogP contribution in [0.4, 0.5) is 17.1 Å². The Labute approximate surface area is 310 Å². The van der Waals surface area contributed by atoms with Crippen LogP contribution in [-0.2, 0) is 11.3 Å². The molecule has 0 bridgehead atoms. The first-order chi connectivity index (χ1) is 24.7. The number of hydrogen-bond donors (Lipinski definition) is 0. The van der Waals surface area contributed by atoms with E-state index in [-0.39, 0.29) is 0 Å². The Bertz CT molecular complexity index is 1110. The molecular formula is C47H75NOP+. The number of rotatable bonds is 31. The van der Waals surface area contributed by atoms with Crippen LogP contribution in [0.15, 0.2) is 84.9 Å². The molecule has 0 spiro atoms. The van der Waals surface area contributed by atoms with Gasteiger partial charge in [-0.3, -0.25) is 0 Å². The van der Waals surface area contributed by atoms with E-state index in [0.717, 1.165) is 6.61 Å². The molecule has 3 aromatic carbocycles. The van der Waals surface area contributed by atoms with Gasteiger partial charge in [0.15, 0.2) is 0 Å². The number of benzene rings is 3. The molecule has 0 aliphatic carbocycles. The highest BCUT2D eigenvalue weighted by Crippen LogP contribution is 2.61. The summed E-state index contributed by atoms with van der Waals surface area (Å²) in [4.78, 5) is 2.31. The molecule has 50 heavy (non-hydrogen) atoms. The molecule has 278 valence electrons. The van der Waals surface area contributed by atoms with Crippen LogP contribution in [-0.4, -0.2) is 31.3 Å². The zero-order chi connectivity index (χ0) is 35.4. The monoisotopic (exact) mass is 701 g/mol. The minimum Gasteiger partial charge on any atom is -0.377 e. The number of anilines is 3. The molecule has 0 saturated carbocycles. The molecule has 3 heteroatoms. The van der Waals surface area contributed by atoms with Gasteiger partial charge in [-0.25, -0.2) is 0 Å². The lowest BCUT2D eigenvalue weighted by molar-refractivity contribution is 0.116. The van der Waals surface area contributed by atoms with Crippen molar-refractivity contribution in [3.05, 3.63) is 90.5 Å². The molecule has 0 amide bonds. The van der Waals surface area contributed by atoms with E-state index < -0.39 is 7.26 Å². The van der Waals surface area contributed by atoms with Crippen LogP contribution < -0.4 is 4.90 Å². The van der Waals surface area contributed by atoms with Gasteiger partial charge in [-0.2, -0.15) is 0 Å². The lowest BCUT2D eigenvalue weighted by atomic mass is 10.1. The predicted octanol–water partition coefficient (Wildman–Crippen LogP) is 15.6. The SMILES string of the molecule is CCCCCC[P+](CCCCCC)(CCCCCC)CCCCCCCCCCOCc1ccc(N(c2ccccc2)c2ccccc2)cc1. The molecular weight excluding hydrogens is 625 g/mol. The van der Waals surface area contributed by atoms with Crippen molar-refractivity contribution in [3.63, 3.8) is 0 Å². The van der Waals surface area contributed by atoms with E-state index in [9.17, 15) is 0 Å². The second-order valence-corrected chi connectivity index (χ2v) is 19.4. The van der Waals surface area contributed by atoms with E-state index in [1.165, 1.54) is 151 Å². The summed E-state index contributed by atoms with van der Waals surface area (Å²) in [5, 5.41) is 0. The van der Waals surface area contributed by atoms with E-state index in [1.807, 2.05) is 0 Å². The number of hydrogen-bond acceptors (Lipinski definition) is 2. The summed E-state index contributed by atoms with van der Waals surface area (Å²) in [5.41, 5.74) is 4.74. The Kier molecular flexibility index (Phi) is 23.2. The van der Waals surface area contributed by atoms with E-state index >= 15 is 0 Å². The Hall–Kier alpha value is -2.15. The summed E-state index contributed by atoms with van der Waals surface area (Å²) in [6.07, 6.45) is 34.9. The first-order valence-corrected chi connectivity index (χ1v) is 23.7. The summed E-state index contributed by atoms with van der Waals surface area (Å²) >= 11 is 0. The van der Waals surface area contributed by atoms with Crippen LogP contribution in [0.2, 0.25) is 0 Å². The minimum atomic E-state index is -0.765. The van der Waals surface area contributed by atoms with E-state index in [1.54, 1.807) is 24.6 Å². The lowest BCUT2D eigenvalue weighted by Crippen LogP contribution is -2.13. The van der Waals surface area contributed by atoms with Crippen molar-refractivity contribution < 1.29 is 4.74 Å². The highest BCUT2D eigenvalue weighted by molar-refractivity contribution is 7.75. The van der Waals surface area contributed by atoms with Crippen molar-refractivity contribution in [3.8, 4) is 0 Å². The van der Waals surface area contributed by atoms with Crippen molar-refractivity contribution in [2.45, 2.75) is 156 Å². The molecule has 0 saturated heterocycles. The molecule has 0 atom stereocenters. The number of ether oxygens (including phenoxy) is 1. The molecule has 3 rings (SSSR count). The molecule has 0 heterocycles. The van der Waals surface area contributed by atoms with Crippen LogP contribution in [0.5, 0.6) is 0 Å². The molecule has 0 N–H and O–H groups in total. The summed E-state index contributed by atoms with van der Waals surface area (Å²) < 4.78 is 6.09. The van der Waals surface area contributed by atoms with Crippen LogP contribution in [0.25, 0.3) is 0 Å². The van der Waals surface area contributed by atoms with Gasteiger partial charge >= 0.3 is 0 Å². The summed E-state index contributed by atoms with van der Waals surface area (Å²) in [5.74, 6) is 0. The quantitative estimate of drug-likeness (QED) is 0.0489. The van der Waals surface area contributed by atoms with E-state index in [2.05, 4.69) is 111 Å². The molecule has 0 fully saturated rings. The molecule has 0 radical (unpaired) electrons. The first-order valence-electron chi connectivity index (χ1n) is 21.1. The molecule has 0 unspecified atom stereocenters.